The van der Waals surface area contributed by atoms with E-state index in [9.17, 15) is 0 Å². The number of rotatable bonds is 2. The Morgan fingerprint density at radius 3 is 1.23 bits per heavy atom. The molecule has 5 aromatic heterocycles. The zero-order chi connectivity index (χ0) is 28.0. The summed E-state index contributed by atoms with van der Waals surface area (Å²) in [5.41, 5.74) is 6.12. The normalized spacial score (nSPS) is 7.43. The van der Waals surface area contributed by atoms with Gasteiger partial charge in [0.1, 0.15) is 0 Å². The molecule has 0 aliphatic heterocycles. The second-order valence-corrected chi connectivity index (χ2v) is 8.66. The van der Waals surface area contributed by atoms with Crippen molar-refractivity contribution in [3.63, 3.8) is 0 Å². The summed E-state index contributed by atoms with van der Waals surface area (Å²) in [4.78, 5) is 18.3. The molecule has 5 heterocycles. The van der Waals surface area contributed by atoms with Crippen LogP contribution in [0.15, 0.2) is 97.6 Å². The van der Waals surface area contributed by atoms with E-state index >= 15 is 0 Å². The van der Waals surface area contributed by atoms with Gasteiger partial charge in [0, 0.05) is 123 Å². The molecule has 0 N–H and O–H groups in total. The second-order valence-electron chi connectivity index (χ2n) is 7.21. The van der Waals surface area contributed by atoms with Crippen LogP contribution in [0.5, 0.6) is 0 Å². The number of thiophene rings is 1. The quantitative estimate of drug-likeness (QED) is 0.0759. The van der Waals surface area contributed by atoms with Gasteiger partial charge >= 0.3 is 19.5 Å². The van der Waals surface area contributed by atoms with E-state index in [4.69, 9.17) is 10.8 Å². The molecule has 5 rings (SSSR count). The van der Waals surface area contributed by atoms with Gasteiger partial charge in [-0.15, -0.1) is 5.38 Å². The molecule has 223 valence electrons. The summed E-state index contributed by atoms with van der Waals surface area (Å²) in [7, 11) is 0. The van der Waals surface area contributed by atoms with Crippen LogP contribution in [-0.4, -0.2) is 30.3 Å². The van der Waals surface area contributed by atoms with Crippen LogP contribution in [0.3, 0.4) is 0 Å². The number of thiocarbonyl (C=S) groups is 2. The van der Waals surface area contributed by atoms with Crippen molar-refractivity contribution < 1.29 is 118 Å². The van der Waals surface area contributed by atoms with E-state index in [0.717, 1.165) is 22.8 Å². The standard InChI is InChI=1S/C12H12N2.C10H8N2.C5H5S.2CNS.CH4.CH3.Ru.3Y/c1-9-3-5-13-11(7-9)12-8-10(2)4-6-14-12;1-3-7-11-9(5-1)10-6-2-4-8-12-10;1-5-3-2-4-6-5;2*2-1-3;;;;;;/h3-8H,1-2H3;1-8H;2-3H,1H3;;;1H4;1H3;;;;/q;;3*-1;;-1;+2;;;. The summed E-state index contributed by atoms with van der Waals surface area (Å²) in [6.07, 6.45) is 7.16. The Morgan fingerprint density at radius 1 is 0.636 bits per heavy atom. The molecule has 0 fully saturated rings. The Bertz CT molecular complexity index is 1310. The van der Waals surface area contributed by atoms with Gasteiger partial charge in [0.15, 0.2) is 0 Å². The van der Waals surface area contributed by atoms with Gasteiger partial charge in [0.25, 0.3) is 0 Å². The first-order chi connectivity index (χ1) is 18.4. The number of isothiocyanates is 2. The summed E-state index contributed by atoms with van der Waals surface area (Å²) in [6.45, 7) is 6.18. The van der Waals surface area contributed by atoms with Crippen LogP contribution in [0.25, 0.3) is 33.6 Å². The first-order valence-electron chi connectivity index (χ1n) is 11.1. The monoisotopic (exact) mass is 953 g/mol. The van der Waals surface area contributed by atoms with E-state index in [1.54, 1.807) is 23.7 Å². The maximum Gasteiger partial charge on any atom is 2.00 e. The second kappa shape index (κ2) is 37.3. The van der Waals surface area contributed by atoms with Crippen molar-refractivity contribution in [1.29, 1.82) is 0 Å². The fourth-order valence-corrected chi connectivity index (χ4v) is 3.15. The molecule has 0 aromatic carbocycles. The maximum atomic E-state index is 7.13. The summed E-state index contributed by atoms with van der Waals surface area (Å²) in [5, 5.41) is 19.9. The molecule has 0 atom stereocenters. The van der Waals surface area contributed by atoms with Gasteiger partial charge in [-0.25, -0.2) is 6.07 Å². The molecule has 6 nitrogen and oxygen atoms in total. The molecule has 0 aliphatic carbocycles. The first-order valence-corrected chi connectivity index (χ1v) is 12.7. The van der Waals surface area contributed by atoms with E-state index in [0.29, 0.717) is 0 Å². The van der Waals surface area contributed by atoms with Crippen LogP contribution < -0.4 is 0 Å². The molecule has 13 heteroatoms. The van der Waals surface area contributed by atoms with Gasteiger partial charge in [0.05, 0.1) is 22.8 Å². The van der Waals surface area contributed by atoms with Crippen molar-refractivity contribution in [2.24, 2.45) is 0 Å². The smallest absolute Gasteiger partial charge is 0.753 e. The molecule has 0 unspecified atom stereocenters. The van der Waals surface area contributed by atoms with E-state index in [1.807, 2.05) is 85.2 Å². The molecule has 3 radical (unpaired) electrons. The van der Waals surface area contributed by atoms with Crippen LogP contribution in [0.2, 0.25) is 0 Å². The Morgan fingerprint density at radius 2 is 1.00 bits per heavy atom. The number of hydrogen-bond donors (Lipinski definition) is 0. The van der Waals surface area contributed by atoms with Gasteiger partial charge in [-0.05, 0) is 73.5 Å². The summed E-state index contributed by atoms with van der Waals surface area (Å²) in [5.74, 6) is 0. The average molecular weight is 953 g/mol. The van der Waals surface area contributed by atoms with Gasteiger partial charge < -0.3 is 29.6 Å². The average Bonchev–Trinajstić information content (AvgIpc) is 3.42. The van der Waals surface area contributed by atoms with Crippen molar-refractivity contribution in [3.8, 4) is 22.8 Å². The van der Waals surface area contributed by atoms with Gasteiger partial charge in [0.2, 0.25) is 0 Å². The van der Waals surface area contributed by atoms with Crippen LogP contribution in [0.1, 0.15) is 23.4 Å². The van der Waals surface area contributed by atoms with E-state index in [1.165, 1.54) is 26.3 Å². The van der Waals surface area contributed by atoms with Crippen LogP contribution in [-0.2, 0) is 118 Å². The minimum absolute atomic E-state index is 0. The Hall–Kier alpha value is -0.165. The SMILES string of the molecule is C.Cc1cc[c-]s1.Cc1ccnc(-c2cc(C)ccn2)c1.[CH3-].[N-]=C=S.[N-]=C=S.[Ru+2].[Y].[Y].[Y].c1ccc(-c2ccccn2)nc1. The van der Waals surface area contributed by atoms with Crippen molar-refractivity contribution in [1.82, 2.24) is 19.9 Å². The third-order valence-corrected chi connectivity index (χ3v) is 5.00. The van der Waals surface area contributed by atoms with E-state index < -0.39 is 0 Å². The summed E-state index contributed by atoms with van der Waals surface area (Å²) >= 11 is 9.05. The van der Waals surface area contributed by atoms with Gasteiger partial charge in [-0.3, -0.25) is 19.9 Å². The van der Waals surface area contributed by atoms with Crippen LogP contribution in [0, 0.1) is 33.6 Å². The molecule has 44 heavy (non-hydrogen) atoms. The topological polar surface area (TPSA) is 96.2 Å². The molecular weight excluding hydrogens is 920 g/mol. The molecular formula is C31H32N6RuS3Y3-2. The fourth-order valence-electron chi connectivity index (χ4n) is 2.69. The molecule has 0 saturated heterocycles. The number of aryl methyl sites for hydroxylation is 3. The van der Waals surface area contributed by atoms with Crippen molar-refractivity contribution in [3.05, 3.63) is 137 Å². The van der Waals surface area contributed by atoms with E-state index in [2.05, 4.69) is 70.5 Å². The molecule has 0 spiro atoms. The fraction of sp³-hybridized carbons (Fsp3) is 0.129. The largest absolute Gasteiger partial charge is 2.00 e. The maximum absolute atomic E-state index is 7.13. The predicted octanol–water partition coefficient (Wildman–Crippen LogP) is 9.15. The Kier molecular flexibility index (Phi) is 47.6. The number of pyridine rings is 4. The van der Waals surface area contributed by atoms with Crippen LogP contribution >= 0.6 is 35.8 Å². The number of aromatic nitrogens is 4. The molecule has 0 aliphatic rings. The third-order valence-electron chi connectivity index (χ3n) is 4.29. The van der Waals surface area contributed by atoms with Gasteiger partial charge in [-0.1, -0.05) is 50.9 Å². The summed E-state index contributed by atoms with van der Waals surface area (Å²) < 4.78 is 0. The van der Waals surface area contributed by atoms with Crippen LogP contribution in [0.4, 0.5) is 0 Å². The Labute approximate surface area is 366 Å². The predicted molar refractivity (Wildman–Crippen MR) is 177 cm³/mol. The third kappa shape index (κ3) is 27.0. The molecule has 0 saturated carbocycles. The van der Waals surface area contributed by atoms with Crippen molar-refractivity contribution >= 4 is 46.1 Å². The molecule has 0 amide bonds. The van der Waals surface area contributed by atoms with Crippen molar-refractivity contribution in [2.75, 3.05) is 0 Å². The van der Waals surface area contributed by atoms with Gasteiger partial charge in [-0.2, -0.15) is 21.3 Å². The van der Waals surface area contributed by atoms with E-state index in [-0.39, 0.29) is 132 Å². The minimum atomic E-state index is 0. The first kappa shape index (κ1) is 56.2. The summed E-state index contributed by atoms with van der Waals surface area (Å²) in [6, 6.07) is 23.6. The molecule has 0 bridgehead atoms. The number of nitrogens with zero attached hydrogens (tertiary/aromatic N) is 6. The zero-order valence-electron chi connectivity index (χ0n) is 24.2. The minimum Gasteiger partial charge on any atom is -0.753 e. The zero-order valence-corrected chi connectivity index (χ0v) is 36.9. The molecule has 5 aromatic rings. The Balaban J connectivity index is -0.000000110. The van der Waals surface area contributed by atoms with Crippen molar-refractivity contribution in [2.45, 2.75) is 28.2 Å². The number of hydrogen-bond acceptors (Lipinski definition) is 7.